The van der Waals surface area contributed by atoms with E-state index in [2.05, 4.69) is 4.98 Å². The van der Waals surface area contributed by atoms with Crippen molar-refractivity contribution < 1.29 is 14.6 Å². The van der Waals surface area contributed by atoms with Crippen molar-refractivity contribution in [3.05, 3.63) is 34.8 Å². The summed E-state index contributed by atoms with van der Waals surface area (Å²) in [6, 6.07) is 7.23. The van der Waals surface area contributed by atoms with Gasteiger partial charge in [0, 0.05) is 18.4 Å². The first-order valence-electron chi connectivity index (χ1n) is 5.20. The summed E-state index contributed by atoms with van der Waals surface area (Å²) in [4.78, 5) is 15.6. The number of nitrogens with two attached hydrogens (primary N) is 1. The molecule has 0 aliphatic heterocycles. The number of methoxy groups -OCH3 is 1. The average Bonchev–Trinajstić information content (AvgIpc) is 2.74. The number of carboxylic acid groups (broad SMARTS) is 1. The number of benzene rings is 1. The van der Waals surface area contributed by atoms with E-state index < -0.39 is 5.97 Å². The Morgan fingerprint density at radius 3 is 2.83 bits per heavy atom. The highest BCUT2D eigenvalue weighted by Gasteiger charge is 2.18. The summed E-state index contributed by atoms with van der Waals surface area (Å²) in [5, 5.41) is 9.70. The lowest BCUT2D eigenvalue weighted by Crippen LogP contribution is -1.99. The number of carbonyl (C=O) groups is 1. The second-order valence-corrected chi connectivity index (χ2v) is 4.62. The summed E-state index contributed by atoms with van der Waals surface area (Å²) in [6.45, 7) is 0.171. The van der Waals surface area contributed by atoms with Crippen LogP contribution in [-0.4, -0.2) is 23.2 Å². The highest BCUT2D eigenvalue weighted by atomic mass is 32.1. The van der Waals surface area contributed by atoms with Gasteiger partial charge in [0.25, 0.3) is 0 Å². The normalized spacial score (nSPS) is 10.5. The van der Waals surface area contributed by atoms with Crippen LogP contribution in [0.1, 0.15) is 15.4 Å². The minimum atomic E-state index is -1.000. The van der Waals surface area contributed by atoms with Crippen molar-refractivity contribution in [1.29, 1.82) is 0 Å². The van der Waals surface area contributed by atoms with Gasteiger partial charge < -0.3 is 15.6 Å². The minimum Gasteiger partial charge on any atom is -0.477 e. The number of aromatic carboxylic acids is 1. The highest BCUT2D eigenvalue weighted by Crippen LogP contribution is 2.32. The monoisotopic (exact) mass is 264 g/mol. The van der Waals surface area contributed by atoms with Crippen molar-refractivity contribution >= 4 is 23.0 Å². The number of rotatable bonds is 4. The molecule has 0 spiro atoms. The maximum Gasteiger partial charge on any atom is 0.347 e. The van der Waals surface area contributed by atoms with Gasteiger partial charge in [0.2, 0.25) is 0 Å². The highest BCUT2D eigenvalue weighted by molar-refractivity contribution is 7.17. The zero-order valence-electron chi connectivity index (χ0n) is 9.71. The van der Waals surface area contributed by atoms with Crippen molar-refractivity contribution in [2.24, 2.45) is 0 Å². The number of hydrogen-bond donors (Lipinski definition) is 2. The van der Waals surface area contributed by atoms with E-state index in [1.165, 1.54) is 7.11 Å². The fraction of sp³-hybridized carbons (Fsp3) is 0.167. The molecule has 0 aliphatic carbocycles. The van der Waals surface area contributed by atoms with E-state index in [0.717, 1.165) is 16.9 Å². The maximum atomic E-state index is 11.1. The van der Waals surface area contributed by atoms with Crippen LogP contribution in [0.25, 0.3) is 10.6 Å². The SMILES string of the molecule is COCc1nc(-c2ccccc2N)sc1C(=O)O. The molecule has 0 saturated heterocycles. The Balaban J connectivity index is 2.50. The van der Waals surface area contributed by atoms with Gasteiger partial charge >= 0.3 is 5.97 Å². The second kappa shape index (κ2) is 5.16. The summed E-state index contributed by atoms with van der Waals surface area (Å²) < 4.78 is 4.95. The fourth-order valence-corrected chi connectivity index (χ4v) is 2.52. The van der Waals surface area contributed by atoms with Crippen LogP contribution in [0.15, 0.2) is 24.3 Å². The van der Waals surface area contributed by atoms with Crippen molar-refractivity contribution in [2.75, 3.05) is 12.8 Å². The van der Waals surface area contributed by atoms with Crippen LogP contribution in [-0.2, 0) is 11.3 Å². The van der Waals surface area contributed by atoms with Crippen LogP contribution in [0.2, 0.25) is 0 Å². The van der Waals surface area contributed by atoms with Gasteiger partial charge in [-0.15, -0.1) is 11.3 Å². The summed E-state index contributed by atoms with van der Waals surface area (Å²) in [7, 11) is 1.50. The Kier molecular flexibility index (Phi) is 3.59. The quantitative estimate of drug-likeness (QED) is 0.827. The lowest BCUT2D eigenvalue weighted by molar-refractivity contribution is 0.0697. The number of nitrogen functional groups attached to an aromatic ring is 1. The van der Waals surface area contributed by atoms with Crippen molar-refractivity contribution in [1.82, 2.24) is 4.98 Å². The molecule has 5 nitrogen and oxygen atoms in total. The minimum absolute atomic E-state index is 0.171. The molecule has 0 aliphatic rings. The average molecular weight is 264 g/mol. The Morgan fingerprint density at radius 1 is 1.50 bits per heavy atom. The van der Waals surface area contributed by atoms with Gasteiger partial charge in [-0.05, 0) is 12.1 Å². The molecule has 94 valence electrons. The van der Waals surface area contributed by atoms with Gasteiger partial charge in [-0.1, -0.05) is 12.1 Å². The van der Waals surface area contributed by atoms with Crippen LogP contribution in [0.3, 0.4) is 0 Å². The fourth-order valence-electron chi connectivity index (χ4n) is 1.56. The second-order valence-electron chi connectivity index (χ2n) is 3.62. The van der Waals surface area contributed by atoms with E-state index >= 15 is 0 Å². The number of hydrogen-bond acceptors (Lipinski definition) is 5. The lowest BCUT2D eigenvalue weighted by Gasteiger charge is -2.00. The number of ether oxygens (including phenoxy) is 1. The third kappa shape index (κ3) is 2.34. The molecule has 0 saturated carbocycles. The van der Waals surface area contributed by atoms with E-state index in [1.807, 2.05) is 18.2 Å². The zero-order chi connectivity index (χ0) is 13.1. The summed E-state index contributed by atoms with van der Waals surface area (Å²) in [5.41, 5.74) is 7.59. The molecular weight excluding hydrogens is 252 g/mol. The topological polar surface area (TPSA) is 85.4 Å². The first-order valence-corrected chi connectivity index (χ1v) is 6.02. The Morgan fingerprint density at radius 2 is 2.22 bits per heavy atom. The molecule has 0 fully saturated rings. The van der Waals surface area contributed by atoms with Crippen molar-refractivity contribution in [3.63, 3.8) is 0 Å². The number of carboxylic acids is 1. The molecule has 0 radical (unpaired) electrons. The summed E-state index contributed by atoms with van der Waals surface area (Å²) in [5.74, 6) is -1.000. The number of para-hydroxylation sites is 1. The van der Waals surface area contributed by atoms with Gasteiger partial charge in [0.1, 0.15) is 9.88 Å². The predicted octanol–water partition coefficient (Wildman–Crippen LogP) is 2.24. The first kappa shape index (κ1) is 12.5. The number of thiazole rings is 1. The molecule has 0 amide bonds. The number of nitrogens with zero attached hydrogens (tertiary/aromatic N) is 1. The summed E-state index contributed by atoms with van der Waals surface area (Å²) in [6.07, 6.45) is 0. The van der Waals surface area contributed by atoms with Crippen LogP contribution < -0.4 is 5.73 Å². The summed E-state index contributed by atoms with van der Waals surface area (Å²) >= 11 is 1.10. The Hall–Kier alpha value is -1.92. The Labute approximate surface area is 108 Å². The van der Waals surface area contributed by atoms with Gasteiger partial charge in [-0.2, -0.15) is 0 Å². The van der Waals surface area contributed by atoms with Crippen molar-refractivity contribution in [2.45, 2.75) is 6.61 Å². The van der Waals surface area contributed by atoms with Crippen LogP contribution in [0, 0.1) is 0 Å². The number of anilines is 1. The molecule has 3 N–H and O–H groups in total. The standard InChI is InChI=1S/C12H12N2O3S/c1-17-6-9-10(12(15)16)18-11(14-9)7-4-2-3-5-8(7)13/h2-5H,6,13H2,1H3,(H,15,16). The van der Waals surface area contributed by atoms with E-state index in [1.54, 1.807) is 6.07 Å². The molecule has 2 aromatic rings. The third-order valence-corrected chi connectivity index (χ3v) is 3.48. The van der Waals surface area contributed by atoms with E-state index in [9.17, 15) is 4.79 Å². The zero-order valence-corrected chi connectivity index (χ0v) is 10.5. The molecule has 0 atom stereocenters. The molecule has 0 bridgehead atoms. The first-order chi connectivity index (χ1) is 8.63. The third-order valence-electron chi connectivity index (χ3n) is 2.36. The predicted molar refractivity (Wildman–Crippen MR) is 69.6 cm³/mol. The van der Waals surface area contributed by atoms with E-state index in [4.69, 9.17) is 15.6 Å². The lowest BCUT2D eigenvalue weighted by atomic mass is 10.2. The largest absolute Gasteiger partial charge is 0.477 e. The Bertz CT molecular complexity index is 580. The maximum absolute atomic E-state index is 11.1. The van der Waals surface area contributed by atoms with Crippen molar-refractivity contribution in [3.8, 4) is 10.6 Å². The van der Waals surface area contributed by atoms with Gasteiger partial charge in [0.05, 0.1) is 12.3 Å². The van der Waals surface area contributed by atoms with E-state index in [0.29, 0.717) is 16.4 Å². The molecule has 2 rings (SSSR count). The van der Waals surface area contributed by atoms with Gasteiger partial charge in [0.15, 0.2) is 0 Å². The van der Waals surface area contributed by atoms with Gasteiger partial charge in [-0.3, -0.25) is 0 Å². The molecule has 0 unspecified atom stereocenters. The molecule has 1 aromatic heterocycles. The molecular formula is C12H12N2O3S. The molecule has 6 heteroatoms. The molecule has 18 heavy (non-hydrogen) atoms. The van der Waals surface area contributed by atoms with Gasteiger partial charge in [-0.25, -0.2) is 9.78 Å². The number of aromatic nitrogens is 1. The molecule has 1 aromatic carbocycles. The smallest absolute Gasteiger partial charge is 0.347 e. The van der Waals surface area contributed by atoms with Crippen LogP contribution in [0.5, 0.6) is 0 Å². The van der Waals surface area contributed by atoms with Crippen LogP contribution >= 0.6 is 11.3 Å². The van der Waals surface area contributed by atoms with Crippen LogP contribution in [0.4, 0.5) is 5.69 Å². The molecule has 1 heterocycles. The van der Waals surface area contributed by atoms with E-state index in [-0.39, 0.29) is 11.5 Å².